The molecule has 0 spiro atoms. The second-order valence-corrected chi connectivity index (χ2v) is 4.73. The Morgan fingerprint density at radius 2 is 1.95 bits per heavy atom. The summed E-state index contributed by atoms with van der Waals surface area (Å²) in [6.45, 7) is 0. The first-order chi connectivity index (χ1) is 9.72. The van der Waals surface area contributed by atoms with Gasteiger partial charge in [0.2, 0.25) is 5.91 Å². The molecule has 1 aromatic heterocycles. The van der Waals surface area contributed by atoms with Gasteiger partial charge in [-0.2, -0.15) is 0 Å². The molecule has 2 aromatic rings. The van der Waals surface area contributed by atoms with Crippen molar-refractivity contribution < 1.29 is 4.79 Å². The van der Waals surface area contributed by atoms with Gasteiger partial charge < -0.3 is 10.2 Å². The van der Waals surface area contributed by atoms with Gasteiger partial charge in [-0.25, -0.2) is 0 Å². The van der Waals surface area contributed by atoms with E-state index in [-0.39, 0.29) is 5.91 Å². The van der Waals surface area contributed by atoms with E-state index in [0.717, 1.165) is 11.3 Å². The Morgan fingerprint density at radius 3 is 2.55 bits per heavy atom. The first kappa shape index (κ1) is 12.4. The van der Waals surface area contributed by atoms with Gasteiger partial charge in [0.25, 0.3) is 0 Å². The lowest BCUT2D eigenvalue weighted by Gasteiger charge is -2.37. The van der Waals surface area contributed by atoms with E-state index in [1.165, 1.54) is 0 Å². The van der Waals surface area contributed by atoms with E-state index in [1.54, 1.807) is 30.4 Å². The van der Waals surface area contributed by atoms with Crippen molar-refractivity contribution in [1.82, 2.24) is 9.88 Å². The summed E-state index contributed by atoms with van der Waals surface area (Å²) in [7, 11) is 1.78. The number of nitrogens with one attached hydrogen (secondary N) is 1. The Balaban J connectivity index is 2.06. The molecule has 0 fully saturated rings. The Bertz CT molecular complexity index is 639. The van der Waals surface area contributed by atoms with Gasteiger partial charge in [0, 0.05) is 36.8 Å². The normalized spacial score (nSPS) is 21.2. The third-order valence-electron chi connectivity index (χ3n) is 3.54. The molecule has 0 bridgehead atoms. The molecule has 20 heavy (non-hydrogen) atoms. The van der Waals surface area contributed by atoms with Gasteiger partial charge in [-0.3, -0.25) is 9.78 Å². The SMILES string of the molecule is CN1C(=O)C=CC1(Nc1ccccc1)c1cccnc1. The van der Waals surface area contributed by atoms with Crippen LogP contribution in [0.2, 0.25) is 0 Å². The molecule has 1 amide bonds. The van der Waals surface area contributed by atoms with E-state index in [2.05, 4.69) is 10.3 Å². The largest absolute Gasteiger partial charge is 0.356 e. The van der Waals surface area contributed by atoms with E-state index < -0.39 is 5.66 Å². The molecule has 1 unspecified atom stereocenters. The number of pyridine rings is 1. The summed E-state index contributed by atoms with van der Waals surface area (Å²) in [6.07, 6.45) is 6.96. The van der Waals surface area contributed by atoms with Gasteiger partial charge in [-0.15, -0.1) is 0 Å². The number of benzene rings is 1. The van der Waals surface area contributed by atoms with Crippen molar-refractivity contribution in [2.75, 3.05) is 12.4 Å². The molecule has 1 atom stereocenters. The van der Waals surface area contributed by atoms with Crippen LogP contribution in [0.1, 0.15) is 5.56 Å². The monoisotopic (exact) mass is 265 g/mol. The minimum atomic E-state index is -0.688. The zero-order valence-electron chi connectivity index (χ0n) is 11.2. The minimum absolute atomic E-state index is 0.0303. The van der Waals surface area contributed by atoms with Crippen molar-refractivity contribution >= 4 is 11.6 Å². The van der Waals surface area contributed by atoms with Gasteiger partial charge in [0.15, 0.2) is 5.66 Å². The van der Waals surface area contributed by atoms with Crippen LogP contribution in [0.3, 0.4) is 0 Å². The summed E-state index contributed by atoms with van der Waals surface area (Å²) in [5, 5.41) is 3.43. The van der Waals surface area contributed by atoms with Crippen molar-refractivity contribution in [2.24, 2.45) is 0 Å². The fraction of sp³-hybridized carbons (Fsp3) is 0.125. The van der Waals surface area contributed by atoms with Crippen molar-refractivity contribution in [1.29, 1.82) is 0 Å². The van der Waals surface area contributed by atoms with Crippen molar-refractivity contribution in [3.05, 3.63) is 72.6 Å². The molecule has 100 valence electrons. The van der Waals surface area contributed by atoms with Gasteiger partial charge >= 0.3 is 0 Å². The molecule has 0 saturated heterocycles. The second kappa shape index (κ2) is 4.81. The third-order valence-corrected chi connectivity index (χ3v) is 3.54. The van der Waals surface area contributed by atoms with E-state index in [4.69, 9.17) is 0 Å². The Hall–Kier alpha value is -2.62. The summed E-state index contributed by atoms with van der Waals surface area (Å²) in [5.41, 5.74) is 1.18. The molecule has 1 aliphatic rings. The van der Waals surface area contributed by atoms with E-state index in [0.29, 0.717) is 0 Å². The smallest absolute Gasteiger partial charge is 0.248 e. The maximum Gasteiger partial charge on any atom is 0.248 e. The van der Waals surface area contributed by atoms with Crippen molar-refractivity contribution in [3.63, 3.8) is 0 Å². The molecule has 0 radical (unpaired) electrons. The van der Waals surface area contributed by atoms with Crippen LogP contribution in [0.25, 0.3) is 0 Å². The molecule has 3 rings (SSSR count). The van der Waals surface area contributed by atoms with Gasteiger partial charge in [-0.05, 0) is 24.3 Å². The minimum Gasteiger partial charge on any atom is -0.356 e. The van der Waals surface area contributed by atoms with Crippen LogP contribution in [0.5, 0.6) is 0 Å². The third kappa shape index (κ3) is 1.95. The molecular weight excluding hydrogens is 250 g/mol. The molecule has 0 saturated carbocycles. The number of hydrogen-bond acceptors (Lipinski definition) is 3. The molecule has 1 aromatic carbocycles. The first-order valence-corrected chi connectivity index (χ1v) is 6.43. The molecule has 1 aliphatic heterocycles. The predicted octanol–water partition coefficient (Wildman–Crippen LogP) is 2.37. The number of likely N-dealkylation sites (N-methyl/N-ethyl adjacent to an activating group) is 1. The van der Waals surface area contributed by atoms with Crippen LogP contribution in [-0.2, 0) is 10.5 Å². The lowest BCUT2D eigenvalue weighted by atomic mass is 10.0. The summed E-state index contributed by atoms with van der Waals surface area (Å²) < 4.78 is 0. The Labute approximate surface area is 117 Å². The number of anilines is 1. The van der Waals surface area contributed by atoms with Crippen molar-refractivity contribution in [3.8, 4) is 0 Å². The second-order valence-electron chi connectivity index (χ2n) is 4.73. The molecule has 1 N–H and O–H groups in total. The highest BCUT2D eigenvalue weighted by molar-refractivity contribution is 5.92. The standard InChI is InChI=1S/C16H15N3O/c1-19-15(20)9-10-16(19,13-6-5-11-17-12-13)18-14-7-3-2-4-8-14/h2-12,18H,1H3. The highest BCUT2D eigenvalue weighted by atomic mass is 16.2. The van der Waals surface area contributed by atoms with Crippen LogP contribution in [0.4, 0.5) is 5.69 Å². The number of rotatable bonds is 3. The fourth-order valence-corrected chi connectivity index (χ4v) is 2.41. The highest BCUT2D eigenvalue weighted by Gasteiger charge is 2.40. The first-order valence-electron chi connectivity index (χ1n) is 6.43. The number of amides is 1. The lowest BCUT2D eigenvalue weighted by molar-refractivity contribution is -0.126. The zero-order valence-corrected chi connectivity index (χ0v) is 11.2. The average Bonchev–Trinajstić information content (AvgIpc) is 2.79. The maximum absolute atomic E-state index is 11.9. The van der Waals surface area contributed by atoms with Gasteiger partial charge in [0.1, 0.15) is 0 Å². The molecule has 0 aliphatic carbocycles. The summed E-state index contributed by atoms with van der Waals surface area (Å²) in [6, 6.07) is 13.7. The Kier molecular flexibility index (Phi) is 2.99. The zero-order chi connectivity index (χ0) is 14.0. The van der Waals surface area contributed by atoms with Gasteiger partial charge in [-0.1, -0.05) is 24.3 Å². The topological polar surface area (TPSA) is 45.2 Å². The van der Waals surface area contributed by atoms with E-state index in [1.807, 2.05) is 48.5 Å². The summed E-state index contributed by atoms with van der Waals surface area (Å²) in [5.74, 6) is -0.0303. The Morgan fingerprint density at radius 1 is 1.15 bits per heavy atom. The van der Waals surface area contributed by atoms with Crippen LogP contribution < -0.4 is 5.32 Å². The van der Waals surface area contributed by atoms with Gasteiger partial charge in [0.05, 0.1) is 0 Å². The fourth-order valence-electron chi connectivity index (χ4n) is 2.41. The number of nitrogens with zero attached hydrogens (tertiary/aromatic N) is 2. The average molecular weight is 265 g/mol. The number of carbonyl (C=O) groups excluding carboxylic acids is 1. The van der Waals surface area contributed by atoms with Crippen LogP contribution in [0.15, 0.2) is 67.0 Å². The molecule has 4 heteroatoms. The highest BCUT2D eigenvalue weighted by Crippen LogP contribution is 2.34. The van der Waals surface area contributed by atoms with Crippen LogP contribution in [0, 0.1) is 0 Å². The van der Waals surface area contributed by atoms with E-state index >= 15 is 0 Å². The maximum atomic E-state index is 11.9. The lowest BCUT2D eigenvalue weighted by Crippen LogP contribution is -2.47. The molecule has 4 nitrogen and oxygen atoms in total. The quantitative estimate of drug-likeness (QED) is 0.926. The van der Waals surface area contributed by atoms with E-state index in [9.17, 15) is 4.79 Å². The number of hydrogen-bond donors (Lipinski definition) is 1. The number of para-hydroxylation sites is 1. The summed E-state index contributed by atoms with van der Waals surface area (Å²) >= 11 is 0. The number of carbonyl (C=O) groups is 1. The summed E-state index contributed by atoms with van der Waals surface area (Å²) in [4.78, 5) is 17.8. The van der Waals surface area contributed by atoms with Crippen molar-refractivity contribution in [2.45, 2.75) is 5.66 Å². The molecular formula is C16H15N3O. The number of aromatic nitrogens is 1. The predicted molar refractivity (Wildman–Crippen MR) is 77.9 cm³/mol. The van der Waals surface area contributed by atoms with Crippen LogP contribution >= 0.6 is 0 Å². The van der Waals surface area contributed by atoms with Crippen LogP contribution in [-0.4, -0.2) is 22.8 Å². The molecule has 2 heterocycles.